The van der Waals surface area contributed by atoms with Gasteiger partial charge in [-0.05, 0) is 30.5 Å². The van der Waals surface area contributed by atoms with Crippen LogP contribution in [0.5, 0.6) is 0 Å². The molecule has 1 aromatic carbocycles. The molecule has 0 spiro atoms. The first-order valence-electron chi connectivity index (χ1n) is 9.13. The highest BCUT2D eigenvalue weighted by atomic mass is 16.6. The van der Waals surface area contributed by atoms with Crippen LogP contribution >= 0.6 is 0 Å². The summed E-state index contributed by atoms with van der Waals surface area (Å²) in [6.07, 6.45) is 1.81. The Morgan fingerprint density at radius 1 is 1.11 bits per heavy atom. The monoisotopic (exact) mass is 376 g/mol. The van der Waals surface area contributed by atoms with Gasteiger partial charge in [0, 0.05) is 32.1 Å². The standard InChI is InChI=1S/C20H24O7/c1-11(21)25-10-15-16-7-8-17(27-16)19(15)18(26-12(2)22)9-13-3-5-14(6-4-13)20(23)24/h3-6,15-19H,7-10H2,1-2H3,(H,23,24). The molecule has 146 valence electrons. The van der Waals surface area contributed by atoms with Crippen molar-refractivity contribution in [1.82, 2.24) is 0 Å². The molecule has 0 aliphatic carbocycles. The van der Waals surface area contributed by atoms with E-state index in [0.717, 1.165) is 18.4 Å². The first-order chi connectivity index (χ1) is 12.8. The van der Waals surface area contributed by atoms with Gasteiger partial charge in [0.15, 0.2) is 0 Å². The van der Waals surface area contributed by atoms with Gasteiger partial charge in [0.25, 0.3) is 0 Å². The summed E-state index contributed by atoms with van der Waals surface area (Å²) in [6.45, 7) is 2.99. The van der Waals surface area contributed by atoms with E-state index in [1.807, 2.05) is 0 Å². The first kappa shape index (κ1) is 19.4. The van der Waals surface area contributed by atoms with Crippen LogP contribution < -0.4 is 0 Å². The van der Waals surface area contributed by atoms with Crippen molar-refractivity contribution in [1.29, 1.82) is 0 Å². The quantitative estimate of drug-likeness (QED) is 0.728. The molecule has 7 heteroatoms. The van der Waals surface area contributed by atoms with Gasteiger partial charge in [-0.25, -0.2) is 4.79 Å². The zero-order valence-electron chi connectivity index (χ0n) is 15.4. The summed E-state index contributed by atoms with van der Waals surface area (Å²) in [4.78, 5) is 34.0. The molecule has 2 bridgehead atoms. The van der Waals surface area contributed by atoms with Gasteiger partial charge < -0.3 is 19.3 Å². The van der Waals surface area contributed by atoms with E-state index < -0.39 is 12.1 Å². The fourth-order valence-corrected chi connectivity index (χ4v) is 4.24. The highest BCUT2D eigenvalue weighted by molar-refractivity contribution is 5.87. The van der Waals surface area contributed by atoms with Crippen LogP contribution in [0, 0.1) is 11.8 Å². The lowest BCUT2D eigenvalue weighted by Gasteiger charge is -2.33. The molecule has 0 saturated carbocycles. The van der Waals surface area contributed by atoms with Crippen molar-refractivity contribution in [3.63, 3.8) is 0 Å². The average Bonchev–Trinajstić information content (AvgIpc) is 3.20. The molecule has 7 nitrogen and oxygen atoms in total. The van der Waals surface area contributed by atoms with Crippen molar-refractivity contribution in [3.05, 3.63) is 35.4 Å². The molecule has 2 saturated heterocycles. The molecule has 1 aromatic rings. The van der Waals surface area contributed by atoms with Crippen LogP contribution in [0.15, 0.2) is 24.3 Å². The van der Waals surface area contributed by atoms with Crippen molar-refractivity contribution in [2.45, 2.75) is 51.4 Å². The second kappa shape index (κ2) is 8.08. The van der Waals surface area contributed by atoms with E-state index >= 15 is 0 Å². The lowest BCUT2D eigenvalue weighted by Crippen LogP contribution is -2.42. The number of hydrogen-bond donors (Lipinski definition) is 1. The second-order valence-electron chi connectivity index (χ2n) is 7.19. The number of benzene rings is 1. The fraction of sp³-hybridized carbons (Fsp3) is 0.550. The van der Waals surface area contributed by atoms with E-state index in [4.69, 9.17) is 19.3 Å². The number of carbonyl (C=O) groups excluding carboxylic acids is 2. The number of esters is 2. The van der Waals surface area contributed by atoms with Crippen LogP contribution in [0.3, 0.4) is 0 Å². The smallest absolute Gasteiger partial charge is 0.335 e. The van der Waals surface area contributed by atoms with Crippen molar-refractivity contribution in [2.24, 2.45) is 11.8 Å². The van der Waals surface area contributed by atoms with Crippen molar-refractivity contribution in [2.75, 3.05) is 6.61 Å². The van der Waals surface area contributed by atoms with Crippen molar-refractivity contribution in [3.8, 4) is 0 Å². The van der Waals surface area contributed by atoms with Gasteiger partial charge in [-0.2, -0.15) is 0 Å². The predicted octanol–water partition coefficient (Wildman–Crippen LogP) is 2.22. The molecular formula is C20H24O7. The lowest BCUT2D eigenvalue weighted by molar-refractivity contribution is -0.153. The summed E-state index contributed by atoms with van der Waals surface area (Å²) in [5.41, 5.74) is 1.08. The molecule has 5 atom stereocenters. The fourth-order valence-electron chi connectivity index (χ4n) is 4.24. The van der Waals surface area contributed by atoms with E-state index in [9.17, 15) is 14.4 Å². The van der Waals surface area contributed by atoms with Crippen LogP contribution in [0.4, 0.5) is 0 Å². The van der Waals surface area contributed by atoms with E-state index in [0.29, 0.717) is 6.42 Å². The number of carboxylic acids is 1. The molecule has 0 aromatic heterocycles. The molecule has 2 aliphatic rings. The van der Waals surface area contributed by atoms with Gasteiger partial charge >= 0.3 is 17.9 Å². The van der Waals surface area contributed by atoms with Crippen LogP contribution in [0.25, 0.3) is 0 Å². The Kier molecular flexibility index (Phi) is 5.79. The highest BCUT2D eigenvalue weighted by Crippen LogP contribution is 2.46. The lowest BCUT2D eigenvalue weighted by atomic mass is 9.75. The Hall–Kier alpha value is -2.41. The number of rotatable bonds is 7. The number of carbonyl (C=O) groups is 3. The second-order valence-corrected chi connectivity index (χ2v) is 7.19. The molecule has 1 N–H and O–H groups in total. The number of hydrogen-bond acceptors (Lipinski definition) is 6. The molecule has 0 amide bonds. The van der Waals surface area contributed by atoms with Gasteiger partial charge in [-0.3, -0.25) is 9.59 Å². The SMILES string of the molecule is CC(=O)OCC1C2CCC(O2)C1C(Cc1ccc(C(=O)O)cc1)OC(C)=O. The van der Waals surface area contributed by atoms with Gasteiger partial charge in [0.1, 0.15) is 6.10 Å². The Bertz CT molecular complexity index is 712. The third-order valence-corrected chi connectivity index (χ3v) is 5.35. The van der Waals surface area contributed by atoms with E-state index in [1.165, 1.54) is 26.0 Å². The minimum atomic E-state index is -0.985. The van der Waals surface area contributed by atoms with E-state index in [-0.39, 0.29) is 48.2 Å². The Labute approximate surface area is 157 Å². The Morgan fingerprint density at radius 3 is 2.37 bits per heavy atom. The van der Waals surface area contributed by atoms with E-state index in [1.54, 1.807) is 12.1 Å². The third-order valence-electron chi connectivity index (χ3n) is 5.35. The zero-order valence-corrected chi connectivity index (χ0v) is 15.4. The molecule has 2 fully saturated rings. The van der Waals surface area contributed by atoms with Crippen LogP contribution in [0.1, 0.15) is 42.6 Å². The minimum absolute atomic E-state index is 0.00629. The van der Waals surface area contributed by atoms with Gasteiger partial charge in [0.05, 0.1) is 24.4 Å². The largest absolute Gasteiger partial charge is 0.478 e. The maximum atomic E-state index is 11.7. The topological polar surface area (TPSA) is 99.1 Å². The average molecular weight is 376 g/mol. The number of ether oxygens (including phenoxy) is 3. The van der Waals surface area contributed by atoms with Crippen LogP contribution in [-0.2, 0) is 30.2 Å². The highest BCUT2D eigenvalue weighted by Gasteiger charge is 2.53. The Balaban J connectivity index is 1.79. The third kappa shape index (κ3) is 4.47. The number of fused-ring (bicyclic) bond motifs is 2. The molecular weight excluding hydrogens is 352 g/mol. The van der Waals surface area contributed by atoms with Gasteiger partial charge in [0.2, 0.25) is 0 Å². The predicted molar refractivity (Wildman–Crippen MR) is 94.2 cm³/mol. The summed E-state index contributed by atoms with van der Waals surface area (Å²) in [6, 6.07) is 6.54. The molecule has 2 heterocycles. The number of carboxylic acid groups (broad SMARTS) is 1. The first-order valence-corrected chi connectivity index (χ1v) is 9.13. The summed E-state index contributed by atoms with van der Waals surface area (Å²) in [5.74, 6) is -1.79. The minimum Gasteiger partial charge on any atom is -0.478 e. The summed E-state index contributed by atoms with van der Waals surface area (Å²) >= 11 is 0. The summed E-state index contributed by atoms with van der Waals surface area (Å²) in [7, 11) is 0. The zero-order chi connectivity index (χ0) is 19.6. The van der Waals surface area contributed by atoms with Crippen LogP contribution in [0.2, 0.25) is 0 Å². The summed E-state index contributed by atoms with van der Waals surface area (Å²) < 4.78 is 16.9. The Morgan fingerprint density at radius 2 is 1.78 bits per heavy atom. The van der Waals surface area contributed by atoms with Crippen molar-refractivity contribution >= 4 is 17.9 Å². The van der Waals surface area contributed by atoms with E-state index in [2.05, 4.69) is 0 Å². The maximum absolute atomic E-state index is 11.7. The normalized spacial score (nSPS) is 27.2. The molecule has 2 aliphatic heterocycles. The molecule has 0 radical (unpaired) electrons. The molecule has 3 rings (SSSR count). The number of aromatic carboxylic acids is 1. The molecule has 5 unspecified atom stereocenters. The maximum Gasteiger partial charge on any atom is 0.335 e. The van der Waals surface area contributed by atoms with Crippen LogP contribution in [-0.4, -0.2) is 47.9 Å². The summed E-state index contributed by atoms with van der Waals surface area (Å²) in [5, 5.41) is 9.03. The van der Waals surface area contributed by atoms with Gasteiger partial charge in [-0.1, -0.05) is 12.1 Å². The van der Waals surface area contributed by atoms with Crippen molar-refractivity contribution < 1.29 is 33.7 Å². The van der Waals surface area contributed by atoms with Gasteiger partial charge in [-0.15, -0.1) is 0 Å². The molecule has 27 heavy (non-hydrogen) atoms.